The van der Waals surface area contributed by atoms with Gasteiger partial charge in [-0.15, -0.1) is 11.8 Å². The highest BCUT2D eigenvalue weighted by molar-refractivity contribution is 9.10. The van der Waals surface area contributed by atoms with Crippen LogP contribution in [0.15, 0.2) is 62.8 Å². The Hall–Kier alpha value is -0.980. The predicted molar refractivity (Wildman–Crippen MR) is 90.5 cm³/mol. The van der Waals surface area contributed by atoms with Gasteiger partial charge in [0.15, 0.2) is 0 Å². The highest BCUT2D eigenvalue weighted by Gasteiger charge is 2.29. The number of sulfonamides is 1. The first-order chi connectivity index (χ1) is 10.1. The summed E-state index contributed by atoms with van der Waals surface area (Å²) in [6, 6.07) is 14.6. The standard InChI is InChI=1S/C15H14BrNO2S2/c16-12-6-1-4-9-15(12)21(18,19)17-10-5-11-20-14-8-3-2-7-13(14)17/h1-4,6-9H,5,10-11H2. The molecule has 1 heterocycles. The predicted octanol–water partition coefficient (Wildman–Crippen LogP) is 4.14. The number of hydrogen-bond acceptors (Lipinski definition) is 3. The topological polar surface area (TPSA) is 37.4 Å². The lowest BCUT2D eigenvalue weighted by Crippen LogP contribution is -2.32. The Balaban J connectivity index is 2.13. The van der Waals surface area contributed by atoms with Crippen LogP contribution < -0.4 is 4.31 Å². The number of anilines is 1. The summed E-state index contributed by atoms with van der Waals surface area (Å²) in [5.74, 6) is 0.930. The SMILES string of the molecule is O=S(=O)(c1ccccc1Br)N1CCCSc2ccccc21. The second-order valence-electron chi connectivity index (χ2n) is 4.68. The van der Waals surface area contributed by atoms with E-state index in [0.29, 0.717) is 15.9 Å². The Bertz CT molecular complexity index is 762. The number of fused-ring (bicyclic) bond motifs is 1. The Kier molecular flexibility index (Phi) is 4.28. The average Bonchev–Trinajstić information content (AvgIpc) is 2.70. The smallest absolute Gasteiger partial charge is 0.265 e. The van der Waals surface area contributed by atoms with Crippen LogP contribution in [0.2, 0.25) is 0 Å². The molecule has 2 aromatic rings. The minimum Gasteiger partial charge on any atom is -0.265 e. The van der Waals surface area contributed by atoms with Gasteiger partial charge in [-0.3, -0.25) is 4.31 Å². The van der Waals surface area contributed by atoms with Gasteiger partial charge < -0.3 is 0 Å². The maximum absolute atomic E-state index is 13.0. The van der Waals surface area contributed by atoms with Crippen LogP contribution in [-0.4, -0.2) is 20.7 Å². The highest BCUT2D eigenvalue weighted by Crippen LogP contribution is 2.37. The molecule has 0 N–H and O–H groups in total. The van der Waals surface area contributed by atoms with Crippen LogP contribution in [0.1, 0.15) is 6.42 Å². The van der Waals surface area contributed by atoms with Crippen molar-refractivity contribution in [3.63, 3.8) is 0 Å². The maximum atomic E-state index is 13.0. The molecule has 3 rings (SSSR count). The molecule has 2 aromatic carbocycles. The van der Waals surface area contributed by atoms with Crippen LogP contribution in [0.4, 0.5) is 5.69 Å². The molecule has 0 amide bonds. The molecule has 0 unspecified atom stereocenters. The van der Waals surface area contributed by atoms with Gasteiger partial charge in [-0.2, -0.15) is 0 Å². The number of rotatable bonds is 2. The fourth-order valence-electron chi connectivity index (χ4n) is 2.32. The van der Waals surface area contributed by atoms with Crippen molar-refractivity contribution in [1.82, 2.24) is 0 Å². The quantitative estimate of drug-likeness (QED) is 0.781. The summed E-state index contributed by atoms with van der Waals surface area (Å²) in [6.07, 6.45) is 0.836. The molecular weight excluding hydrogens is 370 g/mol. The molecule has 0 spiro atoms. The van der Waals surface area contributed by atoms with E-state index in [1.807, 2.05) is 30.3 Å². The summed E-state index contributed by atoms with van der Waals surface area (Å²) < 4.78 is 28.1. The van der Waals surface area contributed by atoms with E-state index in [0.717, 1.165) is 22.8 Å². The van der Waals surface area contributed by atoms with Crippen molar-refractivity contribution in [2.24, 2.45) is 0 Å². The molecule has 0 bridgehead atoms. The fourth-order valence-corrected chi connectivity index (χ4v) is 5.86. The van der Waals surface area contributed by atoms with Crippen LogP contribution >= 0.6 is 27.7 Å². The van der Waals surface area contributed by atoms with Crippen molar-refractivity contribution in [3.8, 4) is 0 Å². The molecule has 0 aromatic heterocycles. The van der Waals surface area contributed by atoms with E-state index >= 15 is 0 Å². The van der Waals surface area contributed by atoms with Gasteiger partial charge in [0.1, 0.15) is 4.90 Å². The lowest BCUT2D eigenvalue weighted by atomic mass is 10.3. The number of nitrogens with zero attached hydrogens (tertiary/aromatic N) is 1. The zero-order valence-corrected chi connectivity index (χ0v) is 14.4. The minimum atomic E-state index is -3.56. The summed E-state index contributed by atoms with van der Waals surface area (Å²) in [4.78, 5) is 1.33. The lowest BCUT2D eigenvalue weighted by molar-refractivity contribution is 0.589. The van der Waals surface area contributed by atoms with Crippen molar-refractivity contribution in [2.45, 2.75) is 16.2 Å². The summed E-state index contributed by atoms with van der Waals surface area (Å²) >= 11 is 5.06. The summed E-state index contributed by atoms with van der Waals surface area (Å²) in [5, 5.41) is 0. The highest BCUT2D eigenvalue weighted by atomic mass is 79.9. The van der Waals surface area contributed by atoms with Crippen LogP contribution in [-0.2, 0) is 10.0 Å². The van der Waals surface area contributed by atoms with Gasteiger partial charge in [0, 0.05) is 15.9 Å². The average molecular weight is 384 g/mol. The molecule has 1 aliphatic heterocycles. The zero-order valence-electron chi connectivity index (χ0n) is 11.2. The van der Waals surface area contributed by atoms with E-state index < -0.39 is 10.0 Å². The molecule has 110 valence electrons. The Morgan fingerprint density at radius 1 is 1.05 bits per heavy atom. The minimum absolute atomic E-state index is 0.312. The number of hydrogen-bond donors (Lipinski definition) is 0. The van der Waals surface area contributed by atoms with E-state index in [-0.39, 0.29) is 0 Å². The molecule has 0 saturated heterocycles. The zero-order chi connectivity index (χ0) is 14.9. The van der Waals surface area contributed by atoms with Crippen LogP contribution in [0.3, 0.4) is 0 Å². The summed E-state index contributed by atoms with van der Waals surface area (Å²) in [7, 11) is -3.56. The van der Waals surface area contributed by atoms with Gasteiger partial charge in [-0.25, -0.2) is 8.42 Å². The molecule has 0 aliphatic carbocycles. The van der Waals surface area contributed by atoms with E-state index in [4.69, 9.17) is 0 Å². The first kappa shape index (κ1) is 14.9. The fraction of sp³-hybridized carbons (Fsp3) is 0.200. The van der Waals surface area contributed by atoms with E-state index in [9.17, 15) is 8.42 Å². The monoisotopic (exact) mass is 383 g/mol. The normalized spacial score (nSPS) is 15.4. The van der Waals surface area contributed by atoms with Crippen LogP contribution in [0, 0.1) is 0 Å². The first-order valence-corrected chi connectivity index (χ1v) is 9.82. The maximum Gasteiger partial charge on any atom is 0.265 e. The Morgan fingerprint density at radius 2 is 1.76 bits per heavy atom. The number of thioether (sulfide) groups is 1. The largest absolute Gasteiger partial charge is 0.265 e. The third-order valence-electron chi connectivity index (χ3n) is 3.30. The van der Waals surface area contributed by atoms with E-state index in [1.54, 1.807) is 30.0 Å². The first-order valence-electron chi connectivity index (χ1n) is 6.60. The van der Waals surface area contributed by atoms with Gasteiger partial charge in [-0.05, 0) is 52.4 Å². The van der Waals surface area contributed by atoms with Gasteiger partial charge in [0.25, 0.3) is 10.0 Å². The van der Waals surface area contributed by atoms with Crippen molar-refractivity contribution in [1.29, 1.82) is 0 Å². The molecule has 0 atom stereocenters. The van der Waals surface area contributed by atoms with Crippen molar-refractivity contribution in [2.75, 3.05) is 16.6 Å². The van der Waals surface area contributed by atoms with E-state index in [1.165, 1.54) is 4.31 Å². The second kappa shape index (κ2) is 6.02. The van der Waals surface area contributed by atoms with Gasteiger partial charge in [0.2, 0.25) is 0 Å². The molecule has 0 saturated carbocycles. The molecule has 3 nitrogen and oxygen atoms in total. The van der Waals surface area contributed by atoms with Gasteiger partial charge >= 0.3 is 0 Å². The summed E-state index contributed by atoms with van der Waals surface area (Å²) in [6.45, 7) is 0.508. The molecule has 21 heavy (non-hydrogen) atoms. The summed E-state index contributed by atoms with van der Waals surface area (Å²) in [5.41, 5.74) is 0.774. The third kappa shape index (κ3) is 2.84. The lowest BCUT2D eigenvalue weighted by Gasteiger charge is -2.24. The molecule has 0 fully saturated rings. The Labute approximate surface area is 137 Å². The van der Waals surface area contributed by atoms with E-state index in [2.05, 4.69) is 15.9 Å². The van der Waals surface area contributed by atoms with Crippen molar-refractivity contribution in [3.05, 3.63) is 53.0 Å². The second-order valence-corrected chi connectivity index (χ2v) is 8.50. The van der Waals surface area contributed by atoms with Crippen LogP contribution in [0.5, 0.6) is 0 Å². The van der Waals surface area contributed by atoms with Gasteiger partial charge in [-0.1, -0.05) is 24.3 Å². The number of benzene rings is 2. The van der Waals surface area contributed by atoms with Crippen molar-refractivity contribution >= 4 is 43.4 Å². The van der Waals surface area contributed by atoms with Crippen molar-refractivity contribution < 1.29 is 8.42 Å². The number of halogens is 1. The molecule has 0 radical (unpaired) electrons. The molecular formula is C15H14BrNO2S2. The third-order valence-corrected chi connectivity index (χ3v) is 7.28. The molecule has 6 heteroatoms. The molecule has 1 aliphatic rings. The number of para-hydroxylation sites is 1. The Morgan fingerprint density at radius 3 is 2.57 bits per heavy atom. The van der Waals surface area contributed by atoms with Crippen LogP contribution in [0.25, 0.3) is 0 Å². The van der Waals surface area contributed by atoms with Gasteiger partial charge in [0.05, 0.1) is 5.69 Å².